The number of nitriles is 1. The fourth-order valence-electron chi connectivity index (χ4n) is 1.31. The third-order valence-electron chi connectivity index (χ3n) is 2.18. The van der Waals surface area contributed by atoms with E-state index in [0.717, 1.165) is 0 Å². The molecule has 0 saturated heterocycles. The highest BCUT2D eigenvalue weighted by atomic mass is 127. The van der Waals surface area contributed by atoms with Gasteiger partial charge in [0.15, 0.2) is 12.4 Å². The molecule has 0 aliphatic rings. The number of nitrogen functional groups attached to an aromatic ring is 1. The van der Waals surface area contributed by atoms with Crippen LogP contribution in [0.4, 0.5) is 5.69 Å². The molecule has 0 saturated carbocycles. The highest BCUT2D eigenvalue weighted by molar-refractivity contribution is 14.1. The minimum atomic E-state index is -0.253. The fourth-order valence-corrected chi connectivity index (χ4v) is 2.12. The molecule has 3 N–H and O–H groups in total. The van der Waals surface area contributed by atoms with Crippen molar-refractivity contribution in [2.75, 3.05) is 32.6 Å². The number of carbonyl (C=O) groups is 1. The van der Waals surface area contributed by atoms with Crippen LogP contribution in [-0.4, -0.2) is 32.8 Å². The first-order valence-corrected chi connectivity index (χ1v) is 6.54. The molecule has 0 heterocycles. The number of amides is 1. The monoisotopic (exact) mass is 375 g/mol. The zero-order chi connectivity index (χ0) is 14.3. The van der Waals surface area contributed by atoms with Crippen molar-refractivity contribution in [2.24, 2.45) is 0 Å². The van der Waals surface area contributed by atoms with Gasteiger partial charge in [0, 0.05) is 13.7 Å². The molecule has 0 unspecified atom stereocenters. The quantitative estimate of drug-likeness (QED) is 0.437. The number of carbonyl (C=O) groups excluding carboxylic acids is 1. The summed E-state index contributed by atoms with van der Waals surface area (Å²) in [6, 6.07) is 5.16. The van der Waals surface area contributed by atoms with Crippen molar-refractivity contribution >= 4 is 34.2 Å². The van der Waals surface area contributed by atoms with Gasteiger partial charge >= 0.3 is 0 Å². The number of halogens is 1. The average molecular weight is 375 g/mol. The second-order valence-corrected chi connectivity index (χ2v) is 4.78. The van der Waals surface area contributed by atoms with E-state index < -0.39 is 0 Å². The lowest BCUT2D eigenvalue weighted by Gasteiger charge is -2.11. The van der Waals surface area contributed by atoms with E-state index in [4.69, 9.17) is 20.5 Å². The second-order valence-electron chi connectivity index (χ2n) is 3.62. The first kappa shape index (κ1) is 15.5. The Labute approximate surface area is 125 Å². The summed E-state index contributed by atoms with van der Waals surface area (Å²) in [5, 5.41) is 11.4. The normalized spacial score (nSPS) is 9.74. The Morgan fingerprint density at radius 1 is 1.58 bits per heavy atom. The van der Waals surface area contributed by atoms with Gasteiger partial charge in [-0.25, -0.2) is 0 Å². The van der Waals surface area contributed by atoms with E-state index in [1.165, 1.54) is 6.07 Å². The Morgan fingerprint density at radius 3 is 2.89 bits per heavy atom. The van der Waals surface area contributed by atoms with Crippen molar-refractivity contribution in [2.45, 2.75) is 0 Å². The van der Waals surface area contributed by atoms with E-state index >= 15 is 0 Å². The van der Waals surface area contributed by atoms with Crippen LogP contribution in [0.5, 0.6) is 5.75 Å². The number of ether oxygens (including phenoxy) is 2. The summed E-state index contributed by atoms with van der Waals surface area (Å²) in [7, 11) is 1.56. The van der Waals surface area contributed by atoms with Gasteiger partial charge in [-0.05, 0) is 34.7 Å². The fraction of sp³-hybridized carbons (Fsp3) is 0.333. The van der Waals surface area contributed by atoms with Crippen LogP contribution in [0, 0.1) is 14.9 Å². The molecule has 0 aliphatic carbocycles. The molecular formula is C12H14IN3O3. The van der Waals surface area contributed by atoms with Crippen LogP contribution in [-0.2, 0) is 9.53 Å². The lowest BCUT2D eigenvalue weighted by Crippen LogP contribution is -2.31. The van der Waals surface area contributed by atoms with Crippen molar-refractivity contribution < 1.29 is 14.3 Å². The Bertz CT molecular complexity index is 476. The standard InChI is InChI=1S/C12H14IN3O3/c1-18-3-2-16-11(17)7-19-12-9(13)4-8(6-14)5-10(12)15/h4-5H,2-3,7,15H2,1H3,(H,16,17). The molecule has 0 radical (unpaired) electrons. The highest BCUT2D eigenvalue weighted by Gasteiger charge is 2.10. The number of nitrogens with one attached hydrogen (secondary N) is 1. The van der Waals surface area contributed by atoms with Gasteiger partial charge in [-0.1, -0.05) is 0 Å². The van der Waals surface area contributed by atoms with Crippen LogP contribution in [0.2, 0.25) is 0 Å². The summed E-state index contributed by atoms with van der Waals surface area (Å²) >= 11 is 2.01. The number of methoxy groups -OCH3 is 1. The molecular weight excluding hydrogens is 361 g/mol. The first-order valence-electron chi connectivity index (χ1n) is 5.46. The van der Waals surface area contributed by atoms with Crippen molar-refractivity contribution in [3.8, 4) is 11.8 Å². The Hall–Kier alpha value is -1.53. The molecule has 0 atom stereocenters. The Kier molecular flexibility index (Phi) is 6.38. The highest BCUT2D eigenvalue weighted by Crippen LogP contribution is 2.29. The third-order valence-corrected chi connectivity index (χ3v) is 2.98. The summed E-state index contributed by atoms with van der Waals surface area (Å²) in [6.07, 6.45) is 0. The molecule has 102 valence electrons. The number of hydrogen-bond donors (Lipinski definition) is 2. The van der Waals surface area contributed by atoms with Crippen molar-refractivity contribution in [3.63, 3.8) is 0 Å². The molecule has 6 nitrogen and oxygen atoms in total. The molecule has 1 aromatic rings. The van der Waals surface area contributed by atoms with E-state index in [-0.39, 0.29) is 12.5 Å². The first-order chi connectivity index (χ1) is 9.08. The van der Waals surface area contributed by atoms with E-state index in [1.54, 1.807) is 13.2 Å². The van der Waals surface area contributed by atoms with Gasteiger partial charge < -0.3 is 20.5 Å². The largest absolute Gasteiger partial charge is 0.480 e. The summed E-state index contributed by atoms with van der Waals surface area (Å²) < 4.78 is 10.9. The van der Waals surface area contributed by atoms with Gasteiger partial charge in [0.25, 0.3) is 5.91 Å². The maximum Gasteiger partial charge on any atom is 0.258 e. The van der Waals surface area contributed by atoms with Gasteiger partial charge in [-0.2, -0.15) is 5.26 Å². The maximum atomic E-state index is 11.4. The predicted octanol–water partition coefficient (Wildman–Crippen LogP) is 0.886. The number of nitrogens with two attached hydrogens (primary N) is 1. The number of benzene rings is 1. The maximum absolute atomic E-state index is 11.4. The van der Waals surface area contributed by atoms with Gasteiger partial charge in [-0.3, -0.25) is 4.79 Å². The lowest BCUT2D eigenvalue weighted by molar-refractivity contribution is -0.123. The summed E-state index contributed by atoms with van der Waals surface area (Å²) in [5.41, 5.74) is 6.57. The zero-order valence-corrected chi connectivity index (χ0v) is 12.6. The van der Waals surface area contributed by atoms with Crippen LogP contribution in [0.15, 0.2) is 12.1 Å². The van der Waals surface area contributed by atoms with Gasteiger partial charge in [0.2, 0.25) is 0 Å². The van der Waals surface area contributed by atoms with Crippen LogP contribution in [0.25, 0.3) is 0 Å². The van der Waals surface area contributed by atoms with Crippen LogP contribution >= 0.6 is 22.6 Å². The van der Waals surface area contributed by atoms with E-state index in [2.05, 4.69) is 5.32 Å². The minimum Gasteiger partial charge on any atom is -0.480 e. The number of hydrogen-bond acceptors (Lipinski definition) is 5. The predicted molar refractivity (Wildman–Crippen MR) is 78.7 cm³/mol. The average Bonchev–Trinajstić information content (AvgIpc) is 2.37. The molecule has 1 amide bonds. The summed E-state index contributed by atoms with van der Waals surface area (Å²) in [4.78, 5) is 11.4. The third kappa shape index (κ3) is 4.92. The Morgan fingerprint density at radius 2 is 2.32 bits per heavy atom. The van der Waals surface area contributed by atoms with E-state index in [9.17, 15) is 4.79 Å². The number of nitrogens with zero attached hydrogens (tertiary/aromatic N) is 1. The van der Waals surface area contributed by atoms with Gasteiger partial charge in [-0.15, -0.1) is 0 Å². The number of rotatable bonds is 6. The molecule has 0 aromatic heterocycles. The summed E-state index contributed by atoms with van der Waals surface area (Å²) in [6.45, 7) is 0.747. The van der Waals surface area contributed by atoms with Crippen molar-refractivity contribution in [3.05, 3.63) is 21.3 Å². The molecule has 0 fully saturated rings. The van der Waals surface area contributed by atoms with Crippen molar-refractivity contribution in [1.29, 1.82) is 5.26 Å². The van der Waals surface area contributed by atoms with Crippen LogP contribution in [0.3, 0.4) is 0 Å². The van der Waals surface area contributed by atoms with Gasteiger partial charge in [0.1, 0.15) is 0 Å². The SMILES string of the molecule is COCCNC(=O)COc1c(N)cc(C#N)cc1I. The second kappa shape index (κ2) is 7.81. The minimum absolute atomic E-state index is 0.129. The van der Waals surface area contributed by atoms with E-state index in [0.29, 0.717) is 33.7 Å². The molecule has 0 aliphatic heterocycles. The van der Waals surface area contributed by atoms with E-state index in [1.807, 2.05) is 28.7 Å². The summed E-state index contributed by atoms with van der Waals surface area (Å²) in [5.74, 6) is 0.165. The molecule has 1 aromatic carbocycles. The molecule has 19 heavy (non-hydrogen) atoms. The molecule has 7 heteroatoms. The van der Waals surface area contributed by atoms with Crippen molar-refractivity contribution in [1.82, 2.24) is 5.32 Å². The van der Waals surface area contributed by atoms with Gasteiger partial charge in [0.05, 0.1) is 27.5 Å². The topological polar surface area (TPSA) is 97.4 Å². The van der Waals surface area contributed by atoms with Crippen LogP contribution < -0.4 is 15.8 Å². The zero-order valence-electron chi connectivity index (χ0n) is 10.4. The molecule has 0 bridgehead atoms. The van der Waals surface area contributed by atoms with Crippen LogP contribution in [0.1, 0.15) is 5.56 Å². The smallest absolute Gasteiger partial charge is 0.258 e. The lowest BCUT2D eigenvalue weighted by atomic mass is 10.2. The molecule has 1 rings (SSSR count). The Balaban J connectivity index is 2.59. The number of anilines is 1. The molecule has 0 spiro atoms.